The standard InChI is InChI=1S/C18H21N3O4/c1-11-8-12(2)10-20(9-11)16-15(17(22)19(3)18(16)23)13-4-6-14(7-5-13)21(24)25/h4-7,11-12H,8-10H2,1-3H3. The maximum absolute atomic E-state index is 12.7. The highest BCUT2D eigenvalue weighted by Crippen LogP contribution is 2.34. The first-order valence-corrected chi connectivity index (χ1v) is 8.36. The average Bonchev–Trinajstić information content (AvgIpc) is 2.78. The fraction of sp³-hybridized carbons (Fsp3) is 0.444. The molecular formula is C18H21N3O4. The van der Waals surface area contributed by atoms with Gasteiger partial charge in [0.15, 0.2) is 0 Å². The van der Waals surface area contributed by atoms with Crippen molar-refractivity contribution in [3.8, 4) is 0 Å². The van der Waals surface area contributed by atoms with E-state index in [1.807, 2.05) is 4.90 Å². The molecule has 2 atom stereocenters. The molecule has 1 aromatic rings. The monoisotopic (exact) mass is 343 g/mol. The van der Waals surface area contributed by atoms with Crippen LogP contribution in [0.2, 0.25) is 0 Å². The van der Waals surface area contributed by atoms with Gasteiger partial charge >= 0.3 is 0 Å². The Hall–Kier alpha value is -2.70. The van der Waals surface area contributed by atoms with E-state index in [4.69, 9.17) is 0 Å². The van der Waals surface area contributed by atoms with Gasteiger partial charge in [0.25, 0.3) is 17.5 Å². The summed E-state index contributed by atoms with van der Waals surface area (Å²) in [6, 6.07) is 5.79. The summed E-state index contributed by atoms with van der Waals surface area (Å²) >= 11 is 0. The maximum atomic E-state index is 12.7. The summed E-state index contributed by atoms with van der Waals surface area (Å²) in [6.07, 6.45) is 1.09. The summed E-state index contributed by atoms with van der Waals surface area (Å²) in [7, 11) is 1.47. The van der Waals surface area contributed by atoms with Crippen molar-refractivity contribution >= 4 is 23.1 Å². The first kappa shape index (κ1) is 17.1. The van der Waals surface area contributed by atoms with E-state index >= 15 is 0 Å². The van der Waals surface area contributed by atoms with Gasteiger partial charge in [0.2, 0.25) is 0 Å². The Kier molecular flexibility index (Phi) is 4.32. The predicted molar refractivity (Wildman–Crippen MR) is 92.3 cm³/mol. The van der Waals surface area contributed by atoms with E-state index in [0.717, 1.165) is 24.4 Å². The van der Waals surface area contributed by atoms with E-state index < -0.39 is 4.92 Å². The minimum Gasteiger partial charge on any atom is -0.366 e. The van der Waals surface area contributed by atoms with E-state index in [1.165, 1.54) is 31.3 Å². The van der Waals surface area contributed by atoms with Crippen molar-refractivity contribution in [2.75, 3.05) is 20.1 Å². The Labute approximate surface area is 146 Å². The van der Waals surface area contributed by atoms with Gasteiger partial charge in [-0.15, -0.1) is 0 Å². The van der Waals surface area contributed by atoms with Crippen LogP contribution < -0.4 is 0 Å². The fourth-order valence-corrected chi connectivity index (χ4v) is 3.78. The third-order valence-electron chi connectivity index (χ3n) is 4.81. The van der Waals surface area contributed by atoms with Gasteiger partial charge in [-0.25, -0.2) is 0 Å². The number of nitrogens with zero attached hydrogens (tertiary/aromatic N) is 3. The Morgan fingerprint density at radius 1 is 1.04 bits per heavy atom. The lowest BCUT2D eigenvalue weighted by molar-refractivity contribution is -0.384. The number of imide groups is 1. The Morgan fingerprint density at radius 3 is 2.12 bits per heavy atom. The van der Waals surface area contributed by atoms with E-state index in [0.29, 0.717) is 28.7 Å². The van der Waals surface area contributed by atoms with E-state index in [9.17, 15) is 19.7 Å². The SMILES string of the molecule is CC1CC(C)CN(C2=C(c3ccc([N+](=O)[O-])cc3)C(=O)N(C)C2=O)C1. The molecule has 2 aliphatic heterocycles. The molecule has 132 valence electrons. The highest BCUT2D eigenvalue weighted by Gasteiger charge is 2.41. The largest absolute Gasteiger partial charge is 0.366 e. The lowest BCUT2D eigenvalue weighted by atomic mass is 9.91. The number of hydrogen-bond acceptors (Lipinski definition) is 5. The van der Waals surface area contributed by atoms with Crippen LogP contribution in [0.15, 0.2) is 30.0 Å². The zero-order chi connectivity index (χ0) is 18.3. The van der Waals surface area contributed by atoms with Crippen LogP contribution in [0.3, 0.4) is 0 Å². The summed E-state index contributed by atoms with van der Waals surface area (Å²) in [6.45, 7) is 5.73. The molecule has 7 nitrogen and oxygen atoms in total. The van der Waals surface area contributed by atoms with Crippen molar-refractivity contribution in [2.45, 2.75) is 20.3 Å². The number of likely N-dealkylation sites (N-methyl/N-ethyl adjacent to an activating group) is 1. The minimum atomic E-state index is -0.485. The second kappa shape index (κ2) is 6.31. The van der Waals surface area contributed by atoms with E-state index in [1.54, 1.807) is 0 Å². The van der Waals surface area contributed by atoms with Crippen molar-refractivity contribution < 1.29 is 14.5 Å². The van der Waals surface area contributed by atoms with Gasteiger partial charge in [0.05, 0.1) is 10.5 Å². The zero-order valence-electron chi connectivity index (χ0n) is 14.6. The summed E-state index contributed by atoms with van der Waals surface area (Å²) < 4.78 is 0. The molecule has 0 saturated carbocycles. The number of piperidine rings is 1. The van der Waals surface area contributed by atoms with E-state index in [-0.39, 0.29) is 17.5 Å². The summed E-state index contributed by atoms with van der Waals surface area (Å²) in [5.41, 5.74) is 1.24. The molecule has 1 fully saturated rings. The molecule has 2 amide bonds. The maximum Gasteiger partial charge on any atom is 0.277 e. The lowest BCUT2D eigenvalue weighted by Gasteiger charge is -2.37. The van der Waals surface area contributed by atoms with Crippen molar-refractivity contribution in [1.82, 2.24) is 9.80 Å². The van der Waals surface area contributed by atoms with Crippen LogP contribution in [0.25, 0.3) is 5.57 Å². The number of non-ortho nitro benzene ring substituents is 1. The lowest BCUT2D eigenvalue weighted by Crippen LogP contribution is -2.41. The topological polar surface area (TPSA) is 83.8 Å². The smallest absolute Gasteiger partial charge is 0.277 e. The molecule has 2 heterocycles. The Bertz CT molecular complexity index is 759. The Balaban J connectivity index is 2.07. The van der Waals surface area contributed by atoms with Crippen molar-refractivity contribution in [3.63, 3.8) is 0 Å². The second-order valence-electron chi connectivity index (χ2n) is 7.05. The minimum absolute atomic E-state index is 0.0451. The number of benzene rings is 1. The third-order valence-corrected chi connectivity index (χ3v) is 4.81. The molecule has 2 aliphatic rings. The number of nitro benzene ring substituents is 1. The molecule has 1 saturated heterocycles. The summed E-state index contributed by atoms with van der Waals surface area (Å²) in [4.78, 5) is 38.8. The number of likely N-dealkylation sites (tertiary alicyclic amines) is 1. The number of carbonyl (C=O) groups is 2. The third kappa shape index (κ3) is 3.01. The number of amides is 2. The van der Waals surface area contributed by atoms with Crippen LogP contribution in [-0.4, -0.2) is 46.7 Å². The predicted octanol–water partition coefficient (Wildman–Crippen LogP) is 2.28. The van der Waals surface area contributed by atoms with Gasteiger partial charge < -0.3 is 4.90 Å². The second-order valence-corrected chi connectivity index (χ2v) is 7.05. The molecule has 3 rings (SSSR count). The molecular weight excluding hydrogens is 322 g/mol. The molecule has 0 spiro atoms. The molecule has 7 heteroatoms. The highest BCUT2D eigenvalue weighted by molar-refractivity contribution is 6.35. The molecule has 25 heavy (non-hydrogen) atoms. The van der Waals surface area contributed by atoms with Gasteiger partial charge in [0, 0.05) is 32.3 Å². The van der Waals surface area contributed by atoms with Crippen LogP contribution in [0, 0.1) is 22.0 Å². The number of nitro groups is 1. The number of hydrogen-bond donors (Lipinski definition) is 0. The molecule has 0 aromatic heterocycles. The van der Waals surface area contributed by atoms with Crippen LogP contribution in [0.5, 0.6) is 0 Å². The molecule has 1 aromatic carbocycles. The molecule has 0 N–H and O–H groups in total. The fourth-order valence-electron chi connectivity index (χ4n) is 3.78. The Morgan fingerprint density at radius 2 is 1.60 bits per heavy atom. The summed E-state index contributed by atoms with van der Waals surface area (Å²) in [5, 5.41) is 10.8. The van der Waals surface area contributed by atoms with Gasteiger partial charge in [-0.05, 0) is 36.0 Å². The normalized spacial score (nSPS) is 24.3. The first-order chi connectivity index (χ1) is 11.8. The average molecular weight is 343 g/mol. The molecule has 0 radical (unpaired) electrons. The quantitative estimate of drug-likeness (QED) is 0.478. The first-order valence-electron chi connectivity index (χ1n) is 8.36. The molecule has 0 aliphatic carbocycles. The van der Waals surface area contributed by atoms with Crippen LogP contribution >= 0.6 is 0 Å². The van der Waals surface area contributed by atoms with Crippen LogP contribution in [0.4, 0.5) is 5.69 Å². The number of rotatable bonds is 3. The van der Waals surface area contributed by atoms with Gasteiger partial charge in [-0.3, -0.25) is 24.6 Å². The van der Waals surface area contributed by atoms with Gasteiger partial charge in [0.1, 0.15) is 5.70 Å². The molecule has 0 bridgehead atoms. The van der Waals surface area contributed by atoms with Crippen molar-refractivity contribution in [2.24, 2.45) is 11.8 Å². The van der Waals surface area contributed by atoms with Crippen molar-refractivity contribution in [3.05, 3.63) is 45.6 Å². The highest BCUT2D eigenvalue weighted by atomic mass is 16.6. The zero-order valence-corrected chi connectivity index (χ0v) is 14.6. The van der Waals surface area contributed by atoms with Gasteiger partial charge in [-0.1, -0.05) is 13.8 Å². The molecule has 2 unspecified atom stereocenters. The van der Waals surface area contributed by atoms with Gasteiger partial charge in [-0.2, -0.15) is 0 Å². The van der Waals surface area contributed by atoms with Crippen LogP contribution in [-0.2, 0) is 9.59 Å². The van der Waals surface area contributed by atoms with E-state index in [2.05, 4.69) is 13.8 Å². The van der Waals surface area contributed by atoms with Crippen LogP contribution in [0.1, 0.15) is 25.8 Å². The summed E-state index contributed by atoms with van der Waals surface area (Å²) in [5.74, 6) is 0.200. The number of carbonyl (C=O) groups excluding carboxylic acids is 2. The van der Waals surface area contributed by atoms with Crippen molar-refractivity contribution in [1.29, 1.82) is 0 Å².